The van der Waals surface area contributed by atoms with Gasteiger partial charge in [0.25, 0.3) is 0 Å². The molecule has 5 atom stereocenters. The van der Waals surface area contributed by atoms with E-state index in [1.807, 2.05) is 0 Å². The summed E-state index contributed by atoms with van der Waals surface area (Å²) in [5, 5.41) is 20.7. The summed E-state index contributed by atoms with van der Waals surface area (Å²) in [6, 6.07) is 0. The highest BCUT2D eigenvalue weighted by Crippen LogP contribution is 2.45. The molecular formula is C89H148O16P2. The SMILES string of the molecule is CC/C=C\C/C=C\C/C=C\C/C=C\C/C=C\C/C=C\CCCCCCCCCCCCCCC(=O)OCC(O)COP(=O)(O)OCC(O)COP(=O)(O)OCC(COC(=O)CCCCCCCCC/C=C\C/C=C\C/C=C\C/C=C\C/C=C\CC)OC(=O)CCCCCCCCC/C=C\C/C=C\C/C=C\CC. The lowest BCUT2D eigenvalue weighted by atomic mass is 10.0. The summed E-state index contributed by atoms with van der Waals surface area (Å²) in [7, 11) is -9.81. The maximum Gasteiger partial charge on any atom is 0.472 e. The molecule has 0 radical (unpaired) electrons. The van der Waals surface area contributed by atoms with Crippen molar-refractivity contribution in [2.24, 2.45) is 0 Å². The number of aliphatic hydroxyl groups excluding tert-OH is 2. The van der Waals surface area contributed by atoms with Crippen LogP contribution in [0, 0.1) is 0 Å². The molecule has 4 N–H and O–H groups in total. The van der Waals surface area contributed by atoms with Gasteiger partial charge in [0.1, 0.15) is 25.4 Å². The van der Waals surface area contributed by atoms with Crippen molar-refractivity contribution in [2.45, 2.75) is 334 Å². The summed E-state index contributed by atoms with van der Waals surface area (Å²) in [6.07, 6.45) is 102. The molecule has 0 rings (SSSR count). The Morgan fingerprint density at radius 3 is 0.738 bits per heavy atom. The van der Waals surface area contributed by atoms with Gasteiger partial charge >= 0.3 is 33.6 Å². The lowest BCUT2D eigenvalue weighted by molar-refractivity contribution is -0.161. The minimum absolute atomic E-state index is 0.0858. The van der Waals surface area contributed by atoms with Crippen molar-refractivity contribution in [1.82, 2.24) is 0 Å². The molecule has 0 fully saturated rings. The summed E-state index contributed by atoms with van der Waals surface area (Å²) < 4.78 is 61.3. The van der Waals surface area contributed by atoms with Gasteiger partial charge in [-0.3, -0.25) is 32.5 Å². The first-order valence-corrected chi connectivity index (χ1v) is 44.4. The lowest BCUT2D eigenvalue weighted by Crippen LogP contribution is -2.30. The zero-order valence-corrected chi connectivity index (χ0v) is 68.5. The Hall–Kier alpha value is -5.09. The number of ether oxygens (including phenoxy) is 3. The predicted octanol–water partition coefficient (Wildman–Crippen LogP) is 24.8. The third-order valence-corrected chi connectivity index (χ3v) is 18.8. The second kappa shape index (κ2) is 80.4. The van der Waals surface area contributed by atoms with E-state index in [2.05, 4.69) is 191 Å². The molecule has 0 aromatic carbocycles. The maximum absolute atomic E-state index is 13.0. The van der Waals surface area contributed by atoms with Crippen LogP contribution in [0.5, 0.6) is 0 Å². The van der Waals surface area contributed by atoms with Crippen LogP contribution < -0.4 is 0 Å². The van der Waals surface area contributed by atoms with Crippen LogP contribution in [0.15, 0.2) is 170 Å². The van der Waals surface area contributed by atoms with Crippen LogP contribution >= 0.6 is 15.6 Å². The number of rotatable bonds is 77. The number of phosphoric ester groups is 2. The maximum atomic E-state index is 13.0. The number of allylic oxidation sites excluding steroid dienone is 28. The van der Waals surface area contributed by atoms with E-state index in [-0.39, 0.29) is 19.3 Å². The quantitative estimate of drug-likeness (QED) is 0.0146. The van der Waals surface area contributed by atoms with E-state index in [0.717, 1.165) is 205 Å². The molecule has 0 aliphatic carbocycles. The Balaban J connectivity index is 4.57. The fraction of sp³-hybridized carbons (Fsp3) is 0.652. The van der Waals surface area contributed by atoms with Gasteiger partial charge in [-0.15, -0.1) is 0 Å². The molecule has 0 saturated heterocycles. The molecule has 0 aliphatic heterocycles. The molecule has 0 saturated carbocycles. The van der Waals surface area contributed by atoms with Crippen molar-refractivity contribution in [2.75, 3.05) is 39.6 Å². The van der Waals surface area contributed by atoms with Crippen molar-refractivity contribution in [3.63, 3.8) is 0 Å². The lowest BCUT2D eigenvalue weighted by Gasteiger charge is -2.21. The summed E-state index contributed by atoms with van der Waals surface area (Å²) in [4.78, 5) is 58.8. The monoisotopic (exact) mass is 1540 g/mol. The van der Waals surface area contributed by atoms with Gasteiger partial charge in [-0.1, -0.05) is 319 Å². The Morgan fingerprint density at radius 2 is 0.467 bits per heavy atom. The fourth-order valence-corrected chi connectivity index (χ4v) is 12.3. The molecule has 107 heavy (non-hydrogen) atoms. The predicted molar refractivity (Wildman–Crippen MR) is 445 cm³/mol. The second-order valence-electron chi connectivity index (χ2n) is 27.1. The molecule has 0 aromatic rings. The molecule has 18 heteroatoms. The average molecular weight is 1540 g/mol. The van der Waals surface area contributed by atoms with E-state index in [9.17, 15) is 43.5 Å². The number of hydrogen-bond donors (Lipinski definition) is 4. The van der Waals surface area contributed by atoms with Crippen molar-refractivity contribution in [3.8, 4) is 0 Å². The summed E-state index contributed by atoms with van der Waals surface area (Å²) in [5.41, 5.74) is 0. The number of esters is 3. The van der Waals surface area contributed by atoms with Gasteiger partial charge in [0.2, 0.25) is 0 Å². The normalized spacial score (nSPS) is 14.8. The molecule has 0 spiro atoms. The standard InChI is InChI=1S/C89H148O16P2/c1-4-7-10-13-16-19-22-25-28-31-33-35-37-38-39-40-41-42-43-44-46-48-49-52-54-57-60-63-66-69-72-75-87(92)99-78-84(90)79-101-106(95,96)102-80-85(91)81-103-107(97,98)104-83-86(105-89(94)77-74-71-68-65-62-59-56-51-30-27-24-21-18-15-12-9-6-3)82-100-88(93)76-73-70-67-64-61-58-55-53-50-47-45-36-34-32-29-26-23-20-17-14-11-8-5-2/h7-12,16-21,25-30,33-36,38-39,41-42,47,50,84-86,90-91H,4-6,13-15,22-24,31-32,37,40,43-46,48-49,51-83H2,1-3H3,(H,95,96)(H,97,98)/b10-7-,11-8-,12-9-,19-16-,20-17-,21-18-,28-25-,29-26-,30-27-,35-33-,36-34-,39-38-,42-41-,50-47-. The van der Waals surface area contributed by atoms with Crippen molar-refractivity contribution >= 4 is 33.6 Å². The van der Waals surface area contributed by atoms with Crippen LogP contribution in [0.1, 0.15) is 316 Å². The van der Waals surface area contributed by atoms with Crippen LogP contribution in [0.25, 0.3) is 0 Å². The van der Waals surface area contributed by atoms with Gasteiger partial charge in [0.05, 0.1) is 26.4 Å². The highest BCUT2D eigenvalue weighted by molar-refractivity contribution is 7.47. The Morgan fingerprint density at radius 1 is 0.262 bits per heavy atom. The van der Waals surface area contributed by atoms with Crippen LogP contribution in [0.2, 0.25) is 0 Å². The van der Waals surface area contributed by atoms with E-state index in [1.54, 1.807) is 0 Å². The first-order chi connectivity index (χ1) is 52.2. The minimum Gasteiger partial charge on any atom is -0.463 e. The molecule has 0 heterocycles. The minimum atomic E-state index is -4.94. The van der Waals surface area contributed by atoms with Gasteiger partial charge < -0.3 is 34.2 Å². The zero-order chi connectivity index (χ0) is 78.0. The van der Waals surface area contributed by atoms with Crippen LogP contribution in [0.4, 0.5) is 0 Å². The first kappa shape index (κ1) is 102. The fourth-order valence-electron chi connectivity index (χ4n) is 10.7. The van der Waals surface area contributed by atoms with Gasteiger partial charge in [0.15, 0.2) is 6.10 Å². The van der Waals surface area contributed by atoms with Gasteiger partial charge in [-0.25, -0.2) is 9.13 Å². The average Bonchev–Trinajstić information content (AvgIpc) is 0.909. The van der Waals surface area contributed by atoms with Gasteiger partial charge in [-0.05, 0) is 148 Å². The summed E-state index contributed by atoms with van der Waals surface area (Å²) in [6.45, 7) is 2.32. The van der Waals surface area contributed by atoms with E-state index < -0.39 is 91.5 Å². The van der Waals surface area contributed by atoms with E-state index in [0.29, 0.717) is 19.3 Å². The number of unbranched alkanes of at least 4 members (excludes halogenated alkanes) is 26. The molecule has 5 unspecified atom stereocenters. The van der Waals surface area contributed by atoms with E-state index in [4.69, 9.17) is 32.3 Å². The molecule has 0 amide bonds. The number of hydrogen-bond acceptors (Lipinski definition) is 14. The summed E-state index contributed by atoms with van der Waals surface area (Å²) >= 11 is 0. The van der Waals surface area contributed by atoms with Gasteiger partial charge in [-0.2, -0.15) is 0 Å². The Bertz CT molecular complexity index is 2620. The van der Waals surface area contributed by atoms with Crippen molar-refractivity contribution < 1.29 is 75.8 Å². The molecule has 16 nitrogen and oxygen atoms in total. The summed E-state index contributed by atoms with van der Waals surface area (Å²) in [5.74, 6) is -1.60. The smallest absolute Gasteiger partial charge is 0.463 e. The first-order valence-electron chi connectivity index (χ1n) is 41.4. The van der Waals surface area contributed by atoms with Crippen LogP contribution in [0.3, 0.4) is 0 Å². The molecule has 610 valence electrons. The van der Waals surface area contributed by atoms with E-state index >= 15 is 0 Å². The van der Waals surface area contributed by atoms with Crippen LogP contribution in [-0.4, -0.2) is 95.9 Å². The third-order valence-electron chi connectivity index (χ3n) is 16.9. The number of carbonyl (C=O) groups excluding carboxylic acids is 3. The highest BCUT2D eigenvalue weighted by atomic mass is 31.2. The molecular weight excluding hydrogens is 1390 g/mol. The molecule has 0 aromatic heterocycles. The van der Waals surface area contributed by atoms with Crippen molar-refractivity contribution in [3.05, 3.63) is 170 Å². The van der Waals surface area contributed by atoms with Crippen LogP contribution in [-0.2, 0) is 55.8 Å². The molecule has 0 aliphatic rings. The Kier molecular flexibility index (Phi) is 76.6. The molecule has 0 bridgehead atoms. The Labute approximate surface area is 650 Å². The highest BCUT2D eigenvalue weighted by Gasteiger charge is 2.29. The zero-order valence-electron chi connectivity index (χ0n) is 66.7. The second-order valence-corrected chi connectivity index (χ2v) is 30.0. The van der Waals surface area contributed by atoms with Gasteiger partial charge in [0, 0.05) is 19.3 Å². The number of phosphoric acid groups is 2. The largest absolute Gasteiger partial charge is 0.472 e. The topological polar surface area (TPSA) is 231 Å². The number of carbonyl (C=O) groups is 3. The number of aliphatic hydroxyl groups is 2. The van der Waals surface area contributed by atoms with Crippen molar-refractivity contribution in [1.29, 1.82) is 0 Å². The third kappa shape index (κ3) is 81.7. The van der Waals surface area contributed by atoms with E-state index in [1.165, 1.54) is 51.4 Å².